The predicted octanol–water partition coefficient (Wildman–Crippen LogP) is 2.46. The summed E-state index contributed by atoms with van der Waals surface area (Å²) in [5.41, 5.74) is 8.66. The summed E-state index contributed by atoms with van der Waals surface area (Å²) in [5.74, 6) is 1.43. The van der Waals surface area contributed by atoms with Crippen molar-refractivity contribution in [3.05, 3.63) is 83.9 Å². The first kappa shape index (κ1) is 13.7. The van der Waals surface area contributed by atoms with Gasteiger partial charge in [0.2, 0.25) is 6.79 Å². The first-order valence-corrected chi connectivity index (χ1v) is 7.28. The fourth-order valence-electron chi connectivity index (χ4n) is 2.85. The molecular formula is C18H15N3O2. The molecule has 0 amide bonds. The molecule has 5 nitrogen and oxygen atoms in total. The minimum Gasteiger partial charge on any atom is -0.454 e. The van der Waals surface area contributed by atoms with Gasteiger partial charge in [0, 0.05) is 18.0 Å². The van der Waals surface area contributed by atoms with Gasteiger partial charge in [0.25, 0.3) is 0 Å². The lowest BCUT2D eigenvalue weighted by Gasteiger charge is -2.31. The average molecular weight is 305 g/mol. The Morgan fingerprint density at radius 1 is 0.826 bits per heavy atom. The van der Waals surface area contributed by atoms with Crippen LogP contribution in [0.25, 0.3) is 0 Å². The lowest BCUT2D eigenvalue weighted by molar-refractivity contribution is 0.174. The quantitative estimate of drug-likeness (QED) is 0.805. The van der Waals surface area contributed by atoms with Crippen molar-refractivity contribution in [3.8, 4) is 11.5 Å². The zero-order valence-corrected chi connectivity index (χ0v) is 12.3. The fourth-order valence-corrected chi connectivity index (χ4v) is 2.85. The highest BCUT2D eigenvalue weighted by Gasteiger charge is 2.33. The van der Waals surface area contributed by atoms with Gasteiger partial charge in [-0.3, -0.25) is 0 Å². The standard InChI is InChI=1S/C18H15N3O2/c19-18(13-4-2-1-3-5-13,15-9-20-11-21-10-15)14-6-7-16-17(8-14)23-12-22-16/h1-11H,12,19H2. The minimum absolute atomic E-state index is 0.232. The van der Waals surface area contributed by atoms with E-state index in [0.717, 1.165) is 22.4 Å². The molecule has 0 aliphatic carbocycles. The molecule has 1 aromatic heterocycles. The van der Waals surface area contributed by atoms with Gasteiger partial charge in [-0.05, 0) is 23.3 Å². The van der Waals surface area contributed by atoms with E-state index in [1.165, 1.54) is 6.33 Å². The lowest BCUT2D eigenvalue weighted by Crippen LogP contribution is -2.39. The van der Waals surface area contributed by atoms with Gasteiger partial charge in [-0.25, -0.2) is 9.97 Å². The molecular weight excluding hydrogens is 290 g/mol. The molecule has 0 saturated carbocycles. The van der Waals surface area contributed by atoms with Crippen molar-refractivity contribution < 1.29 is 9.47 Å². The first-order valence-electron chi connectivity index (χ1n) is 7.28. The van der Waals surface area contributed by atoms with E-state index in [2.05, 4.69) is 9.97 Å². The third-order valence-electron chi connectivity index (χ3n) is 4.07. The highest BCUT2D eigenvalue weighted by atomic mass is 16.7. The Morgan fingerprint density at radius 2 is 1.57 bits per heavy atom. The van der Waals surface area contributed by atoms with Crippen LogP contribution in [0.2, 0.25) is 0 Å². The number of ether oxygens (including phenoxy) is 2. The number of hydrogen-bond acceptors (Lipinski definition) is 5. The minimum atomic E-state index is -0.872. The molecule has 2 heterocycles. The SMILES string of the molecule is NC(c1ccccc1)(c1cncnc1)c1ccc2c(c1)OCO2. The van der Waals surface area contributed by atoms with Crippen LogP contribution in [-0.4, -0.2) is 16.8 Å². The molecule has 1 atom stereocenters. The summed E-state index contributed by atoms with van der Waals surface area (Å²) in [6, 6.07) is 15.6. The number of nitrogens with two attached hydrogens (primary N) is 1. The third-order valence-corrected chi connectivity index (χ3v) is 4.07. The van der Waals surface area contributed by atoms with E-state index < -0.39 is 5.54 Å². The summed E-state index contributed by atoms with van der Waals surface area (Å²) < 4.78 is 10.9. The maximum absolute atomic E-state index is 6.88. The predicted molar refractivity (Wildman–Crippen MR) is 85.1 cm³/mol. The normalized spacial score (nSPS) is 15.2. The molecule has 2 N–H and O–H groups in total. The molecule has 0 spiro atoms. The van der Waals surface area contributed by atoms with Crippen molar-refractivity contribution in [1.82, 2.24) is 9.97 Å². The Labute approximate surface area is 133 Å². The van der Waals surface area contributed by atoms with E-state index in [4.69, 9.17) is 15.2 Å². The molecule has 1 unspecified atom stereocenters. The summed E-state index contributed by atoms with van der Waals surface area (Å²) >= 11 is 0. The number of rotatable bonds is 3. The highest BCUT2D eigenvalue weighted by Crippen LogP contribution is 2.39. The van der Waals surface area contributed by atoms with Gasteiger partial charge in [-0.2, -0.15) is 0 Å². The molecule has 0 bridgehead atoms. The molecule has 3 aromatic rings. The Bertz CT molecular complexity index is 783. The average Bonchev–Trinajstić information content (AvgIpc) is 3.10. The second kappa shape index (κ2) is 5.37. The molecule has 4 rings (SSSR count). The van der Waals surface area contributed by atoms with Crippen molar-refractivity contribution in [2.45, 2.75) is 5.54 Å². The highest BCUT2D eigenvalue weighted by molar-refractivity contribution is 5.53. The van der Waals surface area contributed by atoms with E-state index in [-0.39, 0.29) is 6.79 Å². The van der Waals surface area contributed by atoms with Crippen LogP contribution in [0.1, 0.15) is 16.7 Å². The lowest BCUT2D eigenvalue weighted by atomic mass is 9.79. The fraction of sp³-hybridized carbons (Fsp3) is 0.111. The van der Waals surface area contributed by atoms with Crippen LogP contribution in [0, 0.1) is 0 Å². The van der Waals surface area contributed by atoms with Crippen LogP contribution >= 0.6 is 0 Å². The van der Waals surface area contributed by atoms with E-state index in [0.29, 0.717) is 5.75 Å². The third kappa shape index (κ3) is 2.22. The number of benzene rings is 2. The Balaban J connectivity index is 1.93. The van der Waals surface area contributed by atoms with Gasteiger partial charge in [0.15, 0.2) is 11.5 Å². The number of hydrogen-bond donors (Lipinski definition) is 1. The van der Waals surface area contributed by atoms with Gasteiger partial charge >= 0.3 is 0 Å². The topological polar surface area (TPSA) is 70.3 Å². The molecule has 2 aromatic carbocycles. The van der Waals surface area contributed by atoms with Crippen molar-refractivity contribution in [1.29, 1.82) is 0 Å². The molecule has 114 valence electrons. The maximum atomic E-state index is 6.88. The maximum Gasteiger partial charge on any atom is 0.231 e. The van der Waals surface area contributed by atoms with Crippen LogP contribution in [0.15, 0.2) is 67.3 Å². The Kier molecular flexibility index (Phi) is 3.20. The number of aromatic nitrogens is 2. The molecule has 0 radical (unpaired) electrons. The van der Waals surface area contributed by atoms with E-state index in [1.807, 2.05) is 48.5 Å². The van der Waals surface area contributed by atoms with Gasteiger partial charge in [-0.1, -0.05) is 36.4 Å². The van der Waals surface area contributed by atoms with Crippen molar-refractivity contribution in [2.24, 2.45) is 5.73 Å². The van der Waals surface area contributed by atoms with Gasteiger partial charge < -0.3 is 15.2 Å². The molecule has 23 heavy (non-hydrogen) atoms. The number of fused-ring (bicyclic) bond motifs is 1. The summed E-state index contributed by atoms with van der Waals surface area (Å²) in [6.07, 6.45) is 4.98. The molecule has 0 saturated heterocycles. The summed E-state index contributed by atoms with van der Waals surface area (Å²) in [4.78, 5) is 8.25. The van der Waals surface area contributed by atoms with E-state index >= 15 is 0 Å². The van der Waals surface area contributed by atoms with E-state index in [1.54, 1.807) is 12.4 Å². The zero-order valence-electron chi connectivity index (χ0n) is 12.3. The summed E-state index contributed by atoms with van der Waals surface area (Å²) in [7, 11) is 0. The van der Waals surface area contributed by atoms with Crippen LogP contribution < -0.4 is 15.2 Å². The summed E-state index contributed by atoms with van der Waals surface area (Å²) in [5, 5.41) is 0. The zero-order chi connectivity index (χ0) is 15.7. The molecule has 5 heteroatoms. The largest absolute Gasteiger partial charge is 0.454 e. The van der Waals surface area contributed by atoms with Crippen molar-refractivity contribution in [3.63, 3.8) is 0 Å². The molecule has 1 aliphatic rings. The van der Waals surface area contributed by atoms with Crippen LogP contribution in [0.5, 0.6) is 11.5 Å². The van der Waals surface area contributed by atoms with Crippen LogP contribution in [-0.2, 0) is 5.54 Å². The monoisotopic (exact) mass is 305 g/mol. The second-order valence-electron chi connectivity index (χ2n) is 5.37. The van der Waals surface area contributed by atoms with Crippen molar-refractivity contribution in [2.75, 3.05) is 6.79 Å². The van der Waals surface area contributed by atoms with Crippen LogP contribution in [0.4, 0.5) is 0 Å². The van der Waals surface area contributed by atoms with Gasteiger partial charge in [0.05, 0.1) is 5.54 Å². The van der Waals surface area contributed by atoms with Gasteiger partial charge in [0.1, 0.15) is 6.33 Å². The van der Waals surface area contributed by atoms with Crippen LogP contribution in [0.3, 0.4) is 0 Å². The Morgan fingerprint density at radius 3 is 2.35 bits per heavy atom. The van der Waals surface area contributed by atoms with Gasteiger partial charge in [-0.15, -0.1) is 0 Å². The molecule has 1 aliphatic heterocycles. The second-order valence-corrected chi connectivity index (χ2v) is 5.37. The van der Waals surface area contributed by atoms with E-state index in [9.17, 15) is 0 Å². The first-order chi connectivity index (χ1) is 11.3. The summed E-state index contributed by atoms with van der Waals surface area (Å²) in [6.45, 7) is 0.232. The molecule has 0 fully saturated rings. The number of nitrogens with zero attached hydrogens (tertiary/aromatic N) is 2. The Hall–Kier alpha value is -2.92. The van der Waals surface area contributed by atoms with Crippen molar-refractivity contribution >= 4 is 0 Å². The smallest absolute Gasteiger partial charge is 0.231 e.